The normalized spacial score (nSPS) is 18.5. The Balaban J connectivity index is 2.18. The first-order valence-corrected chi connectivity index (χ1v) is 7.62. The number of aliphatic carboxylic acids is 1. The van der Waals surface area contributed by atoms with Crippen molar-refractivity contribution in [3.63, 3.8) is 0 Å². The Hall–Kier alpha value is -2.55. The Bertz CT molecular complexity index is 662. The van der Waals surface area contributed by atoms with Gasteiger partial charge in [-0.05, 0) is 12.1 Å². The molecule has 2 rings (SSSR count). The van der Waals surface area contributed by atoms with Crippen LogP contribution in [0.25, 0.3) is 0 Å². The zero-order valence-electron chi connectivity index (χ0n) is 13.5. The molecule has 1 aromatic carbocycles. The number of hydrogen-bond donors (Lipinski definition) is 2. The summed E-state index contributed by atoms with van der Waals surface area (Å²) in [5.74, 6) is -4.04. The molecule has 1 aliphatic rings. The quantitative estimate of drug-likeness (QED) is 0.815. The van der Waals surface area contributed by atoms with Crippen molar-refractivity contribution in [2.45, 2.75) is 25.5 Å². The number of halogens is 2. The number of amides is 2. The molecule has 1 heterocycles. The average Bonchev–Trinajstić information content (AvgIpc) is 2.54. The summed E-state index contributed by atoms with van der Waals surface area (Å²) in [5, 5.41) is 11.3. The van der Waals surface area contributed by atoms with Crippen molar-refractivity contribution in [3.05, 3.63) is 35.4 Å². The molecule has 1 aromatic rings. The highest BCUT2D eigenvalue weighted by atomic mass is 19.1. The minimum absolute atomic E-state index is 0.0432. The number of hydrogen-bond acceptors (Lipinski definition) is 4. The van der Waals surface area contributed by atoms with E-state index >= 15 is 0 Å². The molecule has 136 valence electrons. The third-order valence-electron chi connectivity index (χ3n) is 3.80. The molecule has 2 N–H and O–H groups in total. The fraction of sp³-hybridized carbons (Fsp3) is 0.438. The first kappa shape index (κ1) is 18.8. The van der Waals surface area contributed by atoms with E-state index < -0.39 is 53.5 Å². The molecule has 0 aromatic heterocycles. The lowest BCUT2D eigenvalue weighted by atomic mass is 10.0. The number of carboxylic acid groups (broad SMARTS) is 1. The average molecular weight is 356 g/mol. The summed E-state index contributed by atoms with van der Waals surface area (Å²) in [7, 11) is 0. The van der Waals surface area contributed by atoms with Crippen LogP contribution in [-0.4, -0.2) is 53.6 Å². The second-order valence-electron chi connectivity index (χ2n) is 5.63. The predicted octanol–water partition coefficient (Wildman–Crippen LogP) is 0.844. The molecular formula is C16H18F2N2O5. The van der Waals surface area contributed by atoms with Crippen LogP contribution in [0.4, 0.5) is 8.78 Å². The molecule has 0 unspecified atom stereocenters. The summed E-state index contributed by atoms with van der Waals surface area (Å²) in [6.45, 7) is 1.21. The molecular weight excluding hydrogens is 338 g/mol. The van der Waals surface area contributed by atoms with Crippen molar-refractivity contribution in [3.8, 4) is 0 Å². The third kappa shape index (κ3) is 4.72. The molecule has 2 atom stereocenters. The Morgan fingerprint density at radius 2 is 2.00 bits per heavy atom. The van der Waals surface area contributed by atoms with Crippen molar-refractivity contribution in [1.29, 1.82) is 0 Å². The van der Waals surface area contributed by atoms with Crippen molar-refractivity contribution < 1.29 is 33.0 Å². The van der Waals surface area contributed by atoms with Crippen LogP contribution in [0, 0.1) is 11.6 Å². The van der Waals surface area contributed by atoms with Crippen molar-refractivity contribution in [1.82, 2.24) is 10.2 Å². The van der Waals surface area contributed by atoms with Gasteiger partial charge in [0.15, 0.2) is 6.10 Å². The summed E-state index contributed by atoms with van der Waals surface area (Å²) in [6, 6.07) is 2.05. The highest BCUT2D eigenvalue weighted by molar-refractivity contribution is 5.80. The van der Waals surface area contributed by atoms with Gasteiger partial charge in [0.25, 0.3) is 0 Å². The van der Waals surface area contributed by atoms with Crippen LogP contribution in [0.2, 0.25) is 0 Å². The summed E-state index contributed by atoms with van der Waals surface area (Å²) in [6.07, 6.45) is -1.55. The summed E-state index contributed by atoms with van der Waals surface area (Å²) >= 11 is 0. The molecule has 1 fully saturated rings. The van der Waals surface area contributed by atoms with Gasteiger partial charge in [0.1, 0.15) is 11.6 Å². The topological polar surface area (TPSA) is 95.9 Å². The molecule has 2 amide bonds. The fourth-order valence-corrected chi connectivity index (χ4v) is 2.64. The highest BCUT2D eigenvalue weighted by Crippen LogP contribution is 2.24. The summed E-state index contributed by atoms with van der Waals surface area (Å²) in [4.78, 5) is 36.0. The van der Waals surface area contributed by atoms with Gasteiger partial charge in [-0.25, -0.2) is 13.6 Å². The van der Waals surface area contributed by atoms with E-state index in [1.165, 1.54) is 17.9 Å². The number of benzene rings is 1. The summed E-state index contributed by atoms with van der Waals surface area (Å²) < 4.78 is 33.0. The molecule has 0 radical (unpaired) electrons. The maximum Gasteiger partial charge on any atom is 0.334 e. The van der Waals surface area contributed by atoms with Gasteiger partial charge in [0, 0.05) is 19.0 Å². The Morgan fingerprint density at radius 3 is 2.56 bits per heavy atom. The van der Waals surface area contributed by atoms with E-state index in [1.54, 1.807) is 0 Å². The first-order valence-electron chi connectivity index (χ1n) is 7.62. The number of carbonyl (C=O) groups excluding carboxylic acids is 2. The van der Waals surface area contributed by atoms with Gasteiger partial charge < -0.3 is 20.1 Å². The van der Waals surface area contributed by atoms with Gasteiger partial charge in [-0.2, -0.15) is 0 Å². The van der Waals surface area contributed by atoms with Crippen LogP contribution in [0.1, 0.15) is 24.9 Å². The second kappa shape index (κ2) is 8.02. The van der Waals surface area contributed by atoms with E-state index in [9.17, 15) is 23.2 Å². The molecule has 0 aliphatic carbocycles. The van der Waals surface area contributed by atoms with Crippen molar-refractivity contribution >= 4 is 17.8 Å². The zero-order valence-corrected chi connectivity index (χ0v) is 13.5. The van der Waals surface area contributed by atoms with Crippen LogP contribution >= 0.6 is 0 Å². The van der Waals surface area contributed by atoms with Crippen LogP contribution < -0.4 is 5.32 Å². The molecule has 25 heavy (non-hydrogen) atoms. The maximum atomic E-state index is 14.0. The number of rotatable bonds is 5. The number of nitrogens with one attached hydrogen (secondary N) is 1. The van der Waals surface area contributed by atoms with Gasteiger partial charge in [-0.1, -0.05) is 6.07 Å². The molecule has 7 nitrogen and oxygen atoms in total. The van der Waals surface area contributed by atoms with Crippen LogP contribution in [0.15, 0.2) is 18.2 Å². The third-order valence-corrected chi connectivity index (χ3v) is 3.80. The van der Waals surface area contributed by atoms with Crippen LogP contribution in [0.5, 0.6) is 0 Å². The lowest BCUT2D eigenvalue weighted by Crippen LogP contribution is -2.49. The molecule has 0 spiro atoms. The lowest BCUT2D eigenvalue weighted by Gasteiger charge is -2.32. The van der Waals surface area contributed by atoms with Gasteiger partial charge in [-0.15, -0.1) is 0 Å². The Morgan fingerprint density at radius 1 is 1.36 bits per heavy atom. The Labute approximate surface area is 142 Å². The van der Waals surface area contributed by atoms with E-state index in [0.717, 1.165) is 12.1 Å². The molecule has 0 bridgehead atoms. The van der Waals surface area contributed by atoms with Gasteiger partial charge in [0.2, 0.25) is 11.8 Å². The number of carbonyl (C=O) groups is 3. The SMILES string of the molecule is CC(=O)N[C@H](CC(=O)N1CCO[C@@H](C(=O)O)C1)c1c(F)cccc1F. The van der Waals surface area contributed by atoms with E-state index in [4.69, 9.17) is 9.84 Å². The van der Waals surface area contributed by atoms with Gasteiger partial charge >= 0.3 is 5.97 Å². The molecule has 1 aliphatic heterocycles. The molecule has 9 heteroatoms. The smallest absolute Gasteiger partial charge is 0.334 e. The summed E-state index contributed by atoms with van der Waals surface area (Å²) in [5.41, 5.74) is -0.408. The maximum absolute atomic E-state index is 14.0. The number of carboxylic acids is 1. The minimum Gasteiger partial charge on any atom is -0.479 e. The minimum atomic E-state index is -1.20. The van der Waals surface area contributed by atoms with Crippen LogP contribution in [0.3, 0.4) is 0 Å². The van der Waals surface area contributed by atoms with Crippen LogP contribution in [-0.2, 0) is 19.1 Å². The molecule has 1 saturated heterocycles. The number of morpholine rings is 1. The number of ether oxygens (including phenoxy) is 1. The highest BCUT2D eigenvalue weighted by Gasteiger charge is 2.31. The molecule has 0 saturated carbocycles. The first-order chi connectivity index (χ1) is 11.8. The number of nitrogens with zero attached hydrogens (tertiary/aromatic N) is 1. The van der Waals surface area contributed by atoms with Crippen molar-refractivity contribution in [2.75, 3.05) is 19.7 Å². The fourth-order valence-electron chi connectivity index (χ4n) is 2.64. The van der Waals surface area contributed by atoms with E-state index in [2.05, 4.69) is 5.32 Å². The Kier molecular flexibility index (Phi) is 6.02. The van der Waals surface area contributed by atoms with Gasteiger partial charge in [-0.3, -0.25) is 9.59 Å². The monoisotopic (exact) mass is 356 g/mol. The van der Waals surface area contributed by atoms with Crippen molar-refractivity contribution in [2.24, 2.45) is 0 Å². The standard InChI is InChI=1S/C16H18F2N2O5/c1-9(21)19-12(15-10(17)3-2-4-11(15)18)7-14(22)20-5-6-25-13(8-20)16(23)24/h2-4,12-13H,5-8H2,1H3,(H,19,21)(H,23,24)/t12-,13-/m1/s1. The zero-order chi connectivity index (χ0) is 18.6. The van der Waals surface area contributed by atoms with E-state index in [-0.39, 0.29) is 19.7 Å². The van der Waals surface area contributed by atoms with Gasteiger partial charge in [0.05, 0.1) is 25.6 Å². The second-order valence-corrected chi connectivity index (χ2v) is 5.63. The van der Waals surface area contributed by atoms with E-state index in [0.29, 0.717) is 0 Å². The van der Waals surface area contributed by atoms with E-state index in [1.807, 2.05) is 0 Å². The largest absolute Gasteiger partial charge is 0.479 e. The predicted molar refractivity (Wildman–Crippen MR) is 81.5 cm³/mol. The lowest BCUT2D eigenvalue weighted by molar-refractivity contribution is -0.159.